The Labute approximate surface area is 65.7 Å². The van der Waals surface area contributed by atoms with E-state index >= 15 is 0 Å². The van der Waals surface area contributed by atoms with Gasteiger partial charge in [0, 0.05) is 25.2 Å². The minimum absolute atomic E-state index is 0.513. The van der Waals surface area contributed by atoms with Crippen molar-refractivity contribution in [3.05, 3.63) is 23.8 Å². The minimum Gasteiger partial charge on any atom is -0.258 e. The maximum absolute atomic E-state index is 8.32. The van der Waals surface area contributed by atoms with Crippen molar-refractivity contribution in [2.24, 2.45) is 0 Å². The summed E-state index contributed by atoms with van der Waals surface area (Å²) in [5, 5.41) is 8.32. The Bertz CT molecular complexity index is 275. The van der Waals surface area contributed by atoms with Gasteiger partial charge in [-0.05, 0) is 6.92 Å². The predicted molar refractivity (Wildman–Crippen MR) is 40.7 cm³/mol. The molecule has 0 spiro atoms. The molecule has 0 saturated heterocycles. The highest BCUT2D eigenvalue weighted by molar-refractivity contribution is 5.09. The van der Waals surface area contributed by atoms with E-state index in [1.165, 1.54) is 0 Å². The zero-order valence-electron chi connectivity index (χ0n) is 6.41. The molecule has 1 aromatic rings. The Morgan fingerprint density at radius 3 is 2.82 bits per heavy atom. The van der Waals surface area contributed by atoms with Crippen LogP contribution in [0.3, 0.4) is 0 Å². The van der Waals surface area contributed by atoms with Crippen LogP contribution in [-0.2, 0) is 6.42 Å². The monoisotopic (exact) mass is 147 g/mol. The molecule has 1 heterocycles. The maximum atomic E-state index is 8.32. The first-order chi connectivity index (χ1) is 5.34. The molecule has 0 fully saturated rings. The second-order valence-corrected chi connectivity index (χ2v) is 2.25. The van der Waals surface area contributed by atoms with E-state index in [4.69, 9.17) is 5.26 Å². The van der Waals surface area contributed by atoms with Crippen molar-refractivity contribution in [3.63, 3.8) is 0 Å². The number of rotatable bonds is 2. The van der Waals surface area contributed by atoms with Gasteiger partial charge in [0.25, 0.3) is 0 Å². The minimum atomic E-state index is 0.513. The van der Waals surface area contributed by atoms with Crippen molar-refractivity contribution < 1.29 is 0 Å². The third-order valence-corrected chi connectivity index (χ3v) is 1.46. The highest BCUT2D eigenvalue weighted by Crippen LogP contribution is 2.01. The molecule has 0 amide bonds. The first-order valence-corrected chi connectivity index (χ1v) is 3.48. The van der Waals surface area contributed by atoms with E-state index in [1.807, 2.05) is 6.92 Å². The van der Waals surface area contributed by atoms with Crippen LogP contribution in [0.25, 0.3) is 0 Å². The Morgan fingerprint density at radius 2 is 2.18 bits per heavy atom. The smallest absolute Gasteiger partial charge is 0.0626 e. The molecule has 1 aromatic heterocycles. The summed E-state index contributed by atoms with van der Waals surface area (Å²) >= 11 is 0. The van der Waals surface area contributed by atoms with Crippen LogP contribution in [0.5, 0.6) is 0 Å². The van der Waals surface area contributed by atoms with Gasteiger partial charge in [-0.2, -0.15) is 5.26 Å². The van der Waals surface area contributed by atoms with Gasteiger partial charge >= 0.3 is 0 Å². The molecule has 0 saturated carbocycles. The van der Waals surface area contributed by atoms with Gasteiger partial charge in [0.15, 0.2) is 0 Å². The molecule has 11 heavy (non-hydrogen) atoms. The van der Waals surface area contributed by atoms with Crippen molar-refractivity contribution in [1.82, 2.24) is 9.97 Å². The van der Waals surface area contributed by atoms with Crippen molar-refractivity contribution >= 4 is 0 Å². The topological polar surface area (TPSA) is 49.6 Å². The van der Waals surface area contributed by atoms with Gasteiger partial charge < -0.3 is 0 Å². The Hall–Kier alpha value is -1.43. The van der Waals surface area contributed by atoms with Crippen LogP contribution in [0.1, 0.15) is 17.8 Å². The SMILES string of the molecule is Cc1nccnc1CCC#N. The molecule has 56 valence electrons. The summed E-state index contributed by atoms with van der Waals surface area (Å²) in [6.07, 6.45) is 4.53. The predicted octanol–water partition coefficient (Wildman–Crippen LogP) is 1.24. The van der Waals surface area contributed by atoms with Gasteiger partial charge in [0.2, 0.25) is 0 Å². The first-order valence-electron chi connectivity index (χ1n) is 3.48. The molecule has 0 aliphatic carbocycles. The number of hydrogen-bond acceptors (Lipinski definition) is 3. The standard InChI is InChI=1S/C8H9N3/c1-7-8(3-2-4-9)11-6-5-10-7/h5-6H,2-3H2,1H3. The van der Waals surface area contributed by atoms with Crippen molar-refractivity contribution in [2.75, 3.05) is 0 Å². The number of aromatic nitrogens is 2. The van der Waals surface area contributed by atoms with Crippen LogP contribution >= 0.6 is 0 Å². The molecule has 1 rings (SSSR count). The van der Waals surface area contributed by atoms with E-state index in [0.29, 0.717) is 12.8 Å². The van der Waals surface area contributed by atoms with Gasteiger partial charge in [-0.1, -0.05) is 0 Å². The Balaban J connectivity index is 2.71. The summed E-state index contributed by atoms with van der Waals surface area (Å²) in [5.41, 5.74) is 1.84. The zero-order chi connectivity index (χ0) is 8.10. The van der Waals surface area contributed by atoms with E-state index in [0.717, 1.165) is 11.4 Å². The average Bonchev–Trinajstić information content (AvgIpc) is 2.03. The second kappa shape index (κ2) is 3.67. The summed E-state index contributed by atoms with van der Waals surface area (Å²) in [4.78, 5) is 8.16. The largest absolute Gasteiger partial charge is 0.258 e. The molecule has 0 radical (unpaired) electrons. The fourth-order valence-corrected chi connectivity index (χ4v) is 0.856. The first kappa shape index (κ1) is 7.67. The van der Waals surface area contributed by atoms with Crippen LogP contribution in [0, 0.1) is 18.3 Å². The normalized spacial score (nSPS) is 9.09. The molecule has 0 aliphatic heterocycles. The van der Waals surface area contributed by atoms with Crippen molar-refractivity contribution in [3.8, 4) is 6.07 Å². The van der Waals surface area contributed by atoms with Gasteiger partial charge in [-0.25, -0.2) is 0 Å². The fourth-order valence-electron chi connectivity index (χ4n) is 0.856. The lowest BCUT2D eigenvalue weighted by Gasteiger charge is -1.98. The van der Waals surface area contributed by atoms with Gasteiger partial charge in [-0.3, -0.25) is 9.97 Å². The maximum Gasteiger partial charge on any atom is 0.0626 e. The highest BCUT2D eigenvalue weighted by Gasteiger charge is 1.97. The number of nitriles is 1. The molecule has 0 bridgehead atoms. The lowest BCUT2D eigenvalue weighted by atomic mass is 10.2. The average molecular weight is 147 g/mol. The van der Waals surface area contributed by atoms with Gasteiger partial charge in [0.05, 0.1) is 17.5 Å². The van der Waals surface area contributed by atoms with Crippen molar-refractivity contribution in [1.29, 1.82) is 5.26 Å². The van der Waals surface area contributed by atoms with E-state index in [2.05, 4.69) is 16.0 Å². The highest BCUT2D eigenvalue weighted by atomic mass is 14.8. The molecule has 0 N–H and O–H groups in total. The van der Waals surface area contributed by atoms with Crippen LogP contribution in [0.2, 0.25) is 0 Å². The molecule has 3 heteroatoms. The van der Waals surface area contributed by atoms with E-state index in [1.54, 1.807) is 12.4 Å². The Morgan fingerprint density at radius 1 is 1.45 bits per heavy atom. The molecule has 3 nitrogen and oxygen atoms in total. The number of hydrogen-bond donors (Lipinski definition) is 0. The molecular weight excluding hydrogens is 138 g/mol. The molecule has 0 unspecified atom stereocenters. The second-order valence-electron chi connectivity index (χ2n) is 2.25. The summed E-state index contributed by atoms with van der Waals surface area (Å²) in [5.74, 6) is 0. The van der Waals surface area contributed by atoms with E-state index < -0.39 is 0 Å². The van der Waals surface area contributed by atoms with E-state index in [9.17, 15) is 0 Å². The zero-order valence-corrected chi connectivity index (χ0v) is 6.41. The van der Waals surface area contributed by atoms with Crippen LogP contribution in [-0.4, -0.2) is 9.97 Å². The lowest BCUT2D eigenvalue weighted by Crippen LogP contribution is -1.95. The third-order valence-electron chi connectivity index (χ3n) is 1.46. The van der Waals surface area contributed by atoms with Gasteiger partial charge in [-0.15, -0.1) is 0 Å². The summed E-state index contributed by atoms with van der Waals surface area (Å²) in [7, 11) is 0. The third kappa shape index (κ3) is 2.01. The van der Waals surface area contributed by atoms with Crippen LogP contribution < -0.4 is 0 Å². The molecule has 0 atom stereocenters. The summed E-state index contributed by atoms with van der Waals surface area (Å²) < 4.78 is 0. The quantitative estimate of drug-likeness (QED) is 0.632. The van der Waals surface area contributed by atoms with Crippen LogP contribution in [0.15, 0.2) is 12.4 Å². The fraction of sp³-hybridized carbons (Fsp3) is 0.375. The number of aryl methyl sites for hydroxylation is 2. The molecule has 0 aliphatic rings. The Kier molecular flexibility index (Phi) is 2.56. The lowest BCUT2D eigenvalue weighted by molar-refractivity contribution is 0.904. The molecular formula is C8H9N3. The molecule has 0 aromatic carbocycles. The summed E-state index contributed by atoms with van der Waals surface area (Å²) in [6.45, 7) is 1.90. The number of nitrogens with zero attached hydrogens (tertiary/aromatic N) is 3. The summed E-state index contributed by atoms with van der Waals surface area (Å²) in [6, 6.07) is 2.08. The van der Waals surface area contributed by atoms with Crippen LogP contribution in [0.4, 0.5) is 0 Å². The van der Waals surface area contributed by atoms with Gasteiger partial charge in [0.1, 0.15) is 0 Å². The van der Waals surface area contributed by atoms with Crippen molar-refractivity contribution in [2.45, 2.75) is 19.8 Å². The van der Waals surface area contributed by atoms with E-state index in [-0.39, 0.29) is 0 Å².